The van der Waals surface area contributed by atoms with E-state index in [0.29, 0.717) is 39.5 Å². The first-order valence-electron chi connectivity index (χ1n) is 10.3. The molecule has 3 heterocycles. The number of rotatable bonds is 6. The Morgan fingerprint density at radius 2 is 1.91 bits per heavy atom. The van der Waals surface area contributed by atoms with Crippen LogP contribution in [0, 0.1) is 13.8 Å². The molecule has 0 spiro atoms. The van der Waals surface area contributed by atoms with E-state index in [0.717, 1.165) is 17.1 Å². The predicted octanol–water partition coefficient (Wildman–Crippen LogP) is 5.16. The molecule has 0 bridgehead atoms. The van der Waals surface area contributed by atoms with Crippen molar-refractivity contribution in [2.24, 2.45) is 0 Å². The first-order chi connectivity index (χ1) is 15.3. The summed E-state index contributed by atoms with van der Waals surface area (Å²) in [5.74, 6) is 2.36. The van der Waals surface area contributed by atoms with Gasteiger partial charge in [-0.15, -0.1) is 0 Å². The van der Waals surface area contributed by atoms with Crippen LogP contribution in [-0.2, 0) is 0 Å². The Hall–Kier alpha value is -3.81. The average molecular weight is 434 g/mol. The SMILES string of the molecule is COc1ccc(OC)c(NC(=O)c2cc(-c3cc(C)oc3C)nc3c2cnn3C(C)C)c1. The first-order valence-corrected chi connectivity index (χ1v) is 10.3. The largest absolute Gasteiger partial charge is 0.497 e. The Morgan fingerprint density at radius 3 is 2.53 bits per heavy atom. The molecule has 1 aromatic carbocycles. The zero-order chi connectivity index (χ0) is 23.0. The highest BCUT2D eigenvalue weighted by atomic mass is 16.5. The number of carbonyl (C=O) groups is 1. The zero-order valence-electron chi connectivity index (χ0n) is 19.0. The Bertz CT molecular complexity index is 1300. The van der Waals surface area contributed by atoms with Crippen molar-refractivity contribution in [1.29, 1.82) is 0 Å². The van der Waals surface area contributed by atoms with E-state index in [2.05, 4.69) is 10.4 Å². The lowest BCUT2D eigenvalue weighted by atomic mass is 10.1. The second-order valence-corrected chi connectivity index (χ2v) is 7.82. The summed E-state index contributed by atoms with van der Waals surface area (Å²) in [4.78, 5) is 18.3. The zero-order valence-corrected chi connectivity index (χ0v) is 19.0. The maximum atomic E-state index is 13.5. The molecule has 8 heteroatoms. The van der Waals surface area contributed by atoms with Crippen LogP contribution in [0.15, 0.2) is 40.9 Å². The van der Waals surface area contributed by atoms with Crippen LogP contribution < -0.4 is 14.8 Å². The van der Waals surface area contributed by atoms with Gasteiger partial charge in [0.25, 0.3) is 5.91 Å². The van der Waals surface area contributed by atoms with Gasteiger partial charge in [-0.05, 0) is 52.0 Å². The molecule has 0 aliphatic carbocycles. The molecule has 4 rings (SSSR count). The number of ether oxygens (including phenoxy) is 2. The number of hydrogen-bond donors (Lipinski definition) is 1. The topological polar surface area (TPSA) is 91.4 Å². The van der Waals surface area contributed by atoms with Crippen LogP contribution >= 0.6 is 0 Å². The Morgan fingerprint density at radius 1 is 1.12 bits per heavy atom. The van der Waals surface area contributed by atoms with Gasteiger partial charge in [-0.25, -0.2) is 9.67 Å². The molecule has 8 nitrogen and oxygen atoms in total. The van der Waals surface area contributed by atoms with Crippen LogP contribution in [0.3, 0.4) is 0 Å². The van der Waals surface area contributed by atoms with E-state index >= 15 is 0 Å². The summed E-state index contributed by atoms with van der Waals surface area (Å²) in [7, 11) is 3.12. The number of hydrogen-bond acceptors (Lipinski definition) is 6. The van der Waals surface area contributed by atoms with Crippen molar-refractivity contribution in [3.8, 4) is 22.8 Å². The summed E-state index contributed by atoms with van der Waals surface area (Å²) in [6, 6.07) is 9.01. The lowest BCUT2D eigenvalue weighted by Gasteiger charge is -2.13. The number of fused-ring (bicyclic) bond motifs is 1. The molecule has 0 unspecified atom stereocenters. The highest BCUT2D eigenvalue weighted by Gasteiger charge is 2.21. The second kappa shape index (κ2) is 8.37. The Labute approximate surface area is 186 Å². The summed E-state index contributed by atoms with van der Waals surface area (Å²) >= 11 is 0. The number of amides is 1. The minimum atomic E-state index is -0.300. The van der Waals surface area contributed by atoms with Crippen LogP contribution in [0.2, 0.25) is 0 Å². The van der Waals surface area contributed by atoms with E-state index in [1.807, 2.05) is 38.4 Å². The molecular weight excluding hydrogens is 408 g/mol. The van der Waals surface area contributed by atoms with Crippen molar-refractivity contribution in [3.63, 3.8) is 0 Å². The number of anilines is 1. The van der Waals surface area contributed by atoms with Crippen molar-refractivity contribution in [1.82, 2.24) is 14.8 Å². The van der Waals surface area contributed by atoms with Gasteiger partial charge in [-0.1, -0.05) is 0 Å². The summed E-state index contributed by atoms with van der Waals surface area (Å²) in [5, 5.41) is 8.09. The lowest BCUT2D eigenvalue weighted by molar-refractivity contribution is 0.102. The van der Waals surface area contributed by atoms with E-state index < -0.39 is 0 Å². The van der Waals surface area contributed by atoms with Gasteiger partial charge in [0.1, 0.15) is 23.0 Å². The maximum absolute atomic E-state index is 13.5. The van der Waals surface area contributed by atoms with E-state index in [-0.39, 0.29) is 11.9 Å². The van der Waals surface area contributed by atoms with E-state index in [1.54, 1.807) is 44.7 Å². The third-order valence-corrected chi connectivity index (χ3v) is 5.27. The minimum absolute atomic E-state index is 0.0804. The molecule has 0 saturated heterocycles. The second-order valence-electron chi connectivity index (χ2n) is 7.82. The van der Waals surface area contributed by atoms with Gasteiger partial charge in [-0.2, -0.15) is 5.10 Å². The normalized spacial score (nSPS) is 11.2. The molecule has 0 atom stereocenters. The number of nitrogens with zero attached hydrogens (tertiary/aromatic N) is 3. The van der Waals surface area contributed by atoms with E-state index in [4.69, 9.17) is 18.9 Å². The fourth-order valence-electron chi connectivity index (χ4n) is 3.71. The van der Waals surface area contributed by atoms with Crippen molar-refractivity contribution in [2.75, 3.05) is 19.5 Å². The fraction of sp³-hybridized carbons (Fsp3) is 0.292. The Kier molecular flexibility index (Phi) is 5.61. The van der Waals surface area contributed by atoms with E-state index in [9.17, 15) is 4.79 Å². The number of furan rings is 1. The maximum Gasteiger partial charge on any atom is 0.256 e. The smallest absolute Gasteiger partial charge is 0.256 e. The number of benzene rings is 1. The van der Waals surface area contributed by atoms with Crippen molar-refractivity contribution in [2.45, 2.75) is 33.7 Å². The number of aromatic nitrogens is 3. The molecule has 1 N–H and O–H groups in total. The Balaban J connectivity index is 1.86. The van der Waals surface area contributed by atoms with Crippen LogP contribution in [0.5, 0.6) is 11.5 Å². The number of pyridine rings is 1. The molecule has 4 aromatic rings. The summed E-state index contributed by atoms with van der Waals surface area (Å²) < 4.78 is 18.2. The van der Waals surface area contributed by atoms with Crippen LogP contribution in [-0.4, -0.2) is 34.9 Å². The number of aryl methyl sites for hydroxylation is 2. The molecule has 3 aromatic heterocycles. The van der Waals surface area contributed by atoms with Gasteiger partial charge < -0.3 is 19.2 Å². The predicted molar refractivity (Wildman–Crippen MR) is 123 cm³/mol. The monoisotopic (exact) mass is 434 g/mol. The molecule has 0 saturated carbocycles. The molecule has 0 radical (unpaired) electrons. The molecule has 0 aliphatic heterocycles. The van der Waals surface area contributed by atoms with Gasteiger partial charge in [0.15, 0.2) is 5.65 Å². The average Bonchev–Trinajstić information content (AvgIpc) is 3.35. The van der Waals surface area contributed by atoms with Gasteiger partial charge in [0, 0.05) is 17.7 Å². The van der Waals surface area contributed by atoms with Crippen molar-refractivity contribution < 1.29 is 18.7 Å². The van der Waals surface area contributed by atoms with Crippen LogP contribution in [0.4, 0.5) is 5.69 Å². The summed E-state index contributed by atoms with van der Waals surface area (Å²) in [5.41, 5.74) is 3.10. The molecule has 0 aliphatic rings. The molecule has 32 heavy (non-hydrogen) atoms. The highest BCUT2D eigenvalue weighted by Crippen LogP contribution is 2.32. The number of methoxy groups -OCH3 is 2. The van der Waals surface area contributed by atoms with Crippen LogP contribution in [0.1, 0.15) is 41.8 Å². The summed E-state index contributed by atoms with van der Waals surface area (Å²) in [6.45, 7) is 7.81. The van der Waals surface area contributed by atoms with Gasteiger partial charge in [0.2, 0.25) is 0 Å². The first kappa shape index (κ1) is 21.4. The van der Waals surface area contributed by atoms with E-state index in [1.165, 1.54) is 0 Å². The fourth-order valence-corrected chi connectivity index (χ4v) is 3.71. The molecule has 166 valence electrons. The summed E-state index contributed by atoms with van der Waals surface area (Å²) in [6.07, 6.45) is 1.68. The van der Waals surface area contributed by atoms with Gasteiger partial charge in [-0.3, -0.25) is 4.79 Å². The standard InChI is InChI=1S/C24H26N4O4/c1-13(2)28-23-19(12-25-28)18(11-20(26-23)17-9-14(3)32-15(17)4)24(29)27-21-10-16(30-5)7-8-22(21)31-6/h7-13H,1-6H3,(H,27,29). The third-order valence-electron chi connectivity index (χ3n) is 5.27. The molecular formula is C24H26N4O4. The lowest BCUT2D eigenvalue weighted by Crippen LogP contribution is -2.14. The van der Waals surface area contributed by atoms with Crippen LogP contribution in [0.25, 0.3) is 22.3 Å². The van der Waals surface area contributed by atoms with Gasteiger partial charge in [0.05, 0.1) is 42.7 Å². The van der Waals surface area contributed by atoms with Crippen molar-refractivity contribution in [3.05, 3.63) is 53.6 Å². The highest BCUT2D eigenvalue weighted by molar-refractivity contribution is 6.13. The number of nitrogens with one attached hydrogen (secondary N) is 1. The molecule has 0 fully saturated rings. The quantitative estimate of drug-likeness (QED) is 0.451. The van der Waals surface area contributed by atoms with Crippen molar-refractivity contribution >= 4 is 22.6 Å². The minimum Gasteiger partial charge on any atom is -0.497 e. The third kappa shape index (κ3) is 3.79. The molecule has 1 amide bonds. The number of carbonyl (C=O) groups excluding carboxylic acids is 1. The van der Waals surface area contributed by atoms with Gasteiger partial charge >= 0.3 is 0 Å².